The Labute approximate surface area is 110 Å². The largest absolute Gasteiger partial charge is 0.329 e. The Hall–Kier alpha value is -1.46. The Bertz CT molecular complexity index is 681. The Morgan fingerprint density at radius 2 is 2.18 bits per heavy atom. The van der Waals surface area contributed by atoms with Gasteiger partial charge in [-0.3, -0.25) is 4.98 Å². The van der Waals surface area contributed by atoms with E-state index in [-0.39, 0.29) is 0 Å². The van der Waals surface area contributed by atoms with Crippen molar-refractivity contribution in [2.75, 3.05) is 0 Å². The third-order valence-corrected chi connectivity index (χ3v) is 3.73. The lowest BCUT2D eigenvalue weighted by molar-refractivity contribution is 1.20. The number of H-pyrrole nitrogens is 1. The van der Waals surface area contributed by atoms with E-state index in [1.807, 2.05) is 12.1 Å². The molecule has 3 aromatic rings. The fourth-order valence-corrected chi connectivity index (χ4v) is 2.34. The highest BCUT2D eigenvalue weighted by molar-refractivity contribution is 9.10. The maximum Gasteiger partial charge on any atom is 0.143 e. The summed E-state index contributed by atoms with van der Waals surface area (Å²) in [5.74, 6) is 0. The minimum absolute atomic E-state index is 0.519. The number of aromatic amines is 1. The van der Waals surface area contributed by atoms with Gasteiger partial charge in [-0.2, -0.15) is 0 Å². The summed E-state index contributed by atoms with van der Waals surface area (Å²) in [7, 11) is 0. The zero-order chi connectivity index (χ0) is 11.8. The summed E-state index contributed by atoms with van der Waals surface area (Å²) < 4.78 is 0.772. The van der Waals surface area contributed by atoms with Gasteiger partial charge in [-0.15, -0.1) is 0 Å². The van der Waals surface area contributed by atoms with Crippen LogP contribution in [-0.4, -0.2) is 19.9 Å². The summed E-state index contributed by atoms with van der Waals surface area (Å²) >= 11 is 9.46. The molecule has 0 bridgehead atoms. The van der Waals surface area contributed by atoms with E-state index >= 15 is 0 Å². The maximum atomic E-state index is 6.03. The molecule has 1 N–H and O–H groups in total. The van der Waals surface area contributed by atoms with Gasteiger partial charge in [0.2, 0.25) is 0 Å². The van der Waals surface area contributed by atoms with Gasteiger partial charge >= 0.3 is 0 Å². The van der Waals surface area contributed by atoms with Crippen molar-refractivity contribution in [3.63, 3.8) is 0 Å². The number of hydrogen-bond donors (Lipinski definition) is 1. The number of pyridine rings is 1. The van der Waals surface area contributed by atoms with Crippen LogP contribution in [0.1, 0.15) is 0 Å². The molecule has 17 heavy (non-hydrogen) atoms. The summed E-state index contributed by atoms with van der Waals surface area (Å²) in [6.45, 7) is 0. The highest BCUT2D eigenvalue weighted by Crippen LogP contribution is 2.35. The molecule has 0 unspecified atom stereocenters. The first-order valence-electron chi connectivity index (χ1n) is 4.85. The first-order chi connectivity index (χ1) is 8.27. The van der Waals surface area contributed by atoms with Gasteiger partial charge in [-0.05, 0) is 28.1 Å². The lowest BCUT2D eigenvalue weighted by Crippen LogP contribution is -1.87. The van der Waals surface area contributed by atoms with Crippen LogP contribution in [0.5, 0.6) is 0 Å². The van der Waals surface area contributed by atoms with Gasteiger partial charge in [-0.1, -0.05) is 11.6 Å². The lowest BCUT2D eigenvalue weighted by Gasteiger charge is -2.01. The van der Waals surface area contributed by atoms with Crippen LogP contribution in [0.3, 0.4) is 0 Å². The van der Waals surface area contributed by atoms with Crippen molar-refractivity contribution in [2.24, 2.45) is 0 Å². The average Bonchev–Trinajstić information content (AvgIpc) is 2.66. The number of aromatic nitrogens is 4. The van der Waals surface area contributed by atoms with E-state index in [1.165, 1.54) is 6.33 Å². The Kier molecular flexibility index (Phi) is 2.57. The molecule has 0 atom stereocenters. The fourth-order valence-electron chi connectivity index (χ4n) is 1.68. The standard InChI is InChI=1S/C11H6BrClN4/c12-8-7-9(6-2-1-3-14-4-6)15-5-16-11(7)17-10(8)13/h1-5H,(H,15,16,17). The minimum Gasteiger partial charge on any atom is -0.329 e. The molecule has 0 radical (unpaired) electrons. The summed E-state index contributed by atoms with van der Waals surface area (Å²) in [6, 6.07) is 3.81. The molecule has 0 saturated carbocycles. The molecule has 4 nitrogen and oxygen atoms in total. The molecule has 0 aliphatic carbocycles. The summed E-state index contributed by atoms with van der Waals surface area (Å²) in [4.78, 5) is 15.5. The smallest absolute Gasteiger partial charge is 0.143 e. The monoisotopic (exact) mass is 308 g/mol. The SMILES string of the molecule is Clc1[nH]c2ncnc(-c3cccnc3)c2c1Br. The molecule has 3 heterocycles. The highest BCUT2D eigenvalue weighted by Gasteiger charge is 2.14. The molecular weight excluding hydrogens is 304 g/mol. The zero-order valence-corrected chi connectivity index (χ0v) is 10.8. The number of nitrogens with zero attached hydrogens (tertiary/aromatic N) is 3. The van der Waals surface area contributed by atoms with Crippen LogP contribution in [0.15, 0.2) is 35.3 Å². The van der Waals surface area contributed by atoms with E-state index in [1.54, 1.807) is 12.4 Å². The predicted octanol–water partition coefficient (Wildman–Crippen LogP) is 3.44. The first kappa shape index (κ1) is 10.7. The van der Waals surface area contributed by atoms with Crippen molar-refractivity contribution < 1.29 is 0 Å². The van der Waals surface area contributed by atoms with Crippen molar-refractivity contribution in [1.82, 2.24) is 19.9 Å². The van der Waals surface area contributed by atoms with Crippen LogP contribution in [0.25, 0.3) is 22.3 Å². The van der Waals surface area contributed by atoms with Crippen molar-refractivity contribution in [2.45, 2.75) is 0 Å². The maximum absolute atomic E-state index is 6.03. The zero-order valence-electron chi connectivity index (χ0n) is 8.48. The topological polar surface area (TPSA) is 54.5 Å². The number of fused-ring (bicyclic) bond motifs is 1. The molecule has 0 aliphatic rings. The summed E-state index contributed by atoms with van der Waals surface area (Å²) in [6.07, 6.45) is 4.99. The first-order valence-corrected chi connectivity index (χ1v) is 6.02. The second kappa shape index (κ2) is 4.09. The molecule has 0 spiro atoms. The van der Waals surface area contributed by atoms with Gasteiger partial charge in [0, 0.05) is 18.0 Å². The van der Waals surface area contributed by atoms with Gasteiger partial charge in [0.25, 0.3) is 0 Å². The van der Waals surface area contributed by atoms with E-state index in [0.717, 1.165) is 21.1 Å². The second-order valence-corrected chi connectivity index (χ2v) is 4.61. The number of halogens is 2. The summed E-state index contributed by atoms with van der Waals surface area (Å²) in [5, 5.41) is 1.39. The Balaban J connectivity index is 2.37. The van der Waals surface area contributed by atoms with Crippen LogP contribution >= 0.6 is 27.5 Å². The third-order valence-electron chi connectivity index (χ3n) is 2.42. The quantitative estimate of drug-likeness (QED) is 0.749. The van der Waals surface area contributed by atoms with Gasteiger partial charge in [0.05, 0.1) is 15.6 Å². The minimum atomic E-state index is 0.519. The molecule has 0 amide bonds. The molecule has 0 fully saturated rings. The van der Waals surface area contributed by atoms with Crippen LogP contribution in [0, 0.1) is 0 Å². The van der Waals surface area contributed by atoms with E-state index < -0.39 is 0 Å². The molecule has 3 rings (SSSR count). The van der Waals surface area contributed by atoms with Crippen LogP contribution in [0.4, 0.5) is 0 Å². The second-order valence-electron chi connectivity index (χ2n) is 3.44. The predicted molar refractivity (Wildman–Crippen MR) is 69.8 cm³/mol. The lowest BCUT2D eigenvalue weighted by atomic mass is 10.1. The van der Waals surface area contributed by atoms with E-state index in [9.17, 15) is 0 Å². The van der Waals surface area contributed by atoms with E-state index in [4.69, 9.17) is 11.6 Å². The molecular formula is C11H6BrClN4. The normalized spacial score (nSPS) is 10.9. The van der Waals surface area contributed by atoms with E-state index in [0.29, 0.717) is 10.8 Å². The fraction of sp³-hybridized carbons (Fsp3) is 0. The van der Waals surface area contributed by atoms with Gasteiger partial charge < -0.3 is 4.98 Å². The Morgan fingerprint density at radius 3 is 2.94 bits per heavy atom. The average molecular weight is 310 g/mol. The number of nitrogens with one attached hydrogen (secondary N) is 1. The third kappa shape index (κ3) is 1.71. The van der Waals surface area contributed by atoms with Crippen molar-refractivity contribution in [1.29, 1.82) is 0 Å². The van der Waals surface area contributed by atoms with Crippen LogP contribution in [-0.2, 0) is 0 Å². The highest BCUT2D eigenvalue weighted by atomic mass is 79.9. The molecule has 0 aliphatic heterocycles. The molecule has 0 aromatic carbocycles. The van der Waals surface area contributed by atoms with Crippen LogP contribution < -0.4 is 0 Å². The molecule has 3 aromatic heterocycles. The van der Waals surface area contributed by atoms with Crippen molar-refractivity contribution >= 4 is 38.6 Å². The van der Waals surface area contributed by atoms with Crippen molar-refractivity contribution in [3.8, 4) is 11.3 Å². The number of hydrogen-bond acceptors (Lipinski definition) is 3. The molecule has 0 saturated heterocycles. The van der Waals surface area contributed by atoms with Crippen molar-refractivity contribution in [3.05, 3.63) is 40.5 Å². The Morgan fingerprint density at radius 1 is 1.29 bits per heavy atom. The van der Waals surface area contributed by atoms with E-state index in [2.05, 4.69) is 35.9 Å². The number of rotatable bonds is 1. The molecule has 84 valence electrons. The molecule has 6 heteroatoms. The van der Waals surface area contributed by atoms with Gasteiger partial charge in [0.15, 0.2) is 0 Å². The van der Waals surface area contributed by atoms with Crippen LogP contribution in [0.2, 0.25) is 5.15 Å². The summed E-state index contributed by atoms with van der Waals surface area (Å²) in [5.41, 5.74) is 2.44. The van der Waals surface area contributed by atoms with Gasteiger partial charge in [-0.25, -0.2) is 9.97 Å². The van der Waals surface area contributed by atoms with Gasteiger partial charge in [0.1, 0.15) is 17.1 Å².